The summed E-state index contributed by atoms with van der Waals surface area (Å²) < 4.78 is 35.6. The van der Waals surface area contributed by atoms with Crippen LogP contribution in [-0.2, 0) is 0 Å². The SMILES string of the molecule is CN/C(C)=C/C(=N\O)C(F)(F)F. The van der Waals surface area contributed by atoms with E-state index < -0.39 is 11.9 Å². The first-order valence-corrected chi connectivity index (χ1v) is 3.07. The van der Waals surface area contributed by atoms with E-state index in [-0.39, 0.29) is 5.70 Å². The van der Waals surface area contributed by atoms with Crippen molar-refractivity contribution in [2.24, 2.45) is 5.16 Å². The van der Waals surface area contributed by atoms with Crippen LogP contribution in [0.15, 0.2) is 16.9 Å². The summed E-state index contributed by atoms with van der Waals surface area (Å²) in [6.45, 7) is 1.43. The van der Waals surface area contributed by atoms with Crippen molar-refractivity contribution in [3.05, 3.63) is 11.8 Å². The Bertz CT molecular complexity index is 207. The fourth-order valence-corrected chi connectivity index (χ4v) is 0.445. The summed E-state index contributed by atoms with van der Waals surface area (Å²) in [5.74, 6) is 0. The second kappa shape index (κ2) is 3.99. The average Bonchev–Trinajstić information content (AvgIpc) is 1.97. The number of nitrogens with zero attached hydrogens (tertiary/aromatic N) is 1. The summed E-state index contributed by atoms with van der Waals surface area (Å²) in [6.07, 6.45) is -3.91. The molecular weight excluding hydrogens is 173 g/mol. The van der Waals surface area contributed by atoms with E-state index in [0.717, 1.165) is 0 Å². The molecular formula is C6H9F3N2O. The van der Waals surface area contributed by atoms with Crippen LogP contribution in [0.2, 0.25) is 0 Å². The summed E-state index contributed by atoms with van der Waals surface area (Å²) in [5, 5.41) is 12.6. The number of halogens is 3. The molecule has 0 aliphatic heterocycles. The minimum Gasteiger partial charge on any atom is -0.410 e. The van der Waals surface area contributed by atoms with Gasteiger partial charge in [0.2, 0.25) is 0 Å². The van der Waals surface area contributed by atoms with Crippen LogP contribution in [0.3, 0.4) is 0 Å². The zero-order valence-electron chi connectivity index (χ0n) is 6.61. The van der Waals surface area contributed by atoms with Crippen molar-refractivity contribution in [3.8, 4) is 0 Å². The van der Waals surface area contributed by atoms with Crippen LogP contribution in [-0.4, -0.2) is 24.1 Å². The number of nitrogens with one attached hydrogen (secondary N) is 1. The molecule has 0 heterocycles. The molecule has 0 aliphatic rings. The molecule has 70 valence electrons. The monoisotopic (exact) mass is 182 g/mol. The molecule has 0 rings (SSSR count). The summed E-state index contributed by atoms with van der Waals surface area (Å²) in [5.41, 5.74) is -1.06. The summed E-state index contributed by atoms with van der Waals surface area (Å²) >= 11 is 0. The quantitative estimate of drug-likeness (QED) is 0.386. The van der Waals surface area contributed by atoms with Crippen LogP contribution in [0.4, 0.5) is 13.2 Å². The Morgan fingerprint density at radius 3 is 2.25 bits per heavy atom. The van der Waals surface area contributed by atoms with Crippen molar-refractivity contribution in [1.82, 2.24) is 5.32 Å². The molecule has 0 aromatic heterocycles. The number of hydrogen-bond acceptors (Lipinski definition) is 3. The highest BCUT2D eigenvalue weighted by Crippen LogP contribution is 2.18. The Balaban J connectivity index is 4.63. The van der Waals surface area contributed by atoms with E-state index in [1.165, 1.54) is 14.0 Å². The number of hydrogen-bond donors (Lipinski definition) is 2. The lowest BCUT2D eigenvalue weighted by Crippen LogP contribution is -2.22. The van der Waals surface area contributed by atoms with Gasteiger partial charge in [0.25, 0.3) is 0 Å². The number of allylic oxidation sites excluding steroid dienone is 2. The van der Waals surface area contributed by atoms with Crippen molar-refractivity contribution in [2.75, 3.05) is 7.05 Å². The minimum absolute atomic E-state index is 0.264. The van der Waals surface area contributed by atoms with Crippen LogP contribution < -0.4 is 5.32 Å². The highest BCUT2D eigenvalue weighted by Gasteiger charge is 2.34. The molecule has 0 aliphatic carbocycles. The lowest BCUT2D eigenvalue weighted by atomic mass is 10.3. The third-order valence-corrected chi connectivity index (χ3v) is 1.15. The average molecular weight is 182 g/mol. The van der Waals surface area contributed by atoms with Gasteiger partial charge >= 0.3 is 6.18 Å². The van der Waals surface area contributed by atoms with Gasteiger partial charge in [-0.25, -0.2) is 0 Å². The molecule has 0 atom stereocenters. The van der Waals surface area contributed by atoms with Crippen molar-refractivity contribution in [3.63, 3.8) is 0 Å². The first kappa shape index (κ1) is 10.8. The molecule has 0 aromatic rings. The summed E-state index contributed by atoms with van der Waals surface area (Å²) in [4.78, 5) is 0. The maximum atomic E-state index is 11.9. The van der Waals surface area contributed by atoms with Crippen LogP contribution in [0.1, 0.15) is 6.92 Å². The summed E-state index contributed by atoms with van der Waals surface area (Å²) in [7, 11) is 1.47. The molecule has 0 saturated carbocycles. The molecule has 2 N–H and O–H groups in total. The van der Waals surface area contributed by atoms with Gasteiger partial charge in [0.1, 0.15) is 0 Å². The van der Waals surface area contributed by atoms with Gasteiger partial charge < -0.3 is 10.5 Å². The molecule has 0 aromatic carbocycles. The summed E-state index contributed by atoms with van der Waals surface area (Å²) in [6, 6.07) is 0. The molecule has 0 bridgehead atoms. The molecule has 0 amide bonds. The minimum atomic E-state index is -4.62. The van der Waals surface area contributed by atoms with Gasteiger partial charge in [0, 0.05) is 12.7 Å². The zero-order chi connectivity index (χ0) is 9.78. The topological polar surface area (TPSA) is 44.6 Å². The predicted molar refractivity (Wildman–Crippen MR) is 38.1 cm³/mol. The van der Waals surface area contributed by atoms with Crippen molar-refractivity contribution in [1.29, 1.82) is 0 Å². The van der Waals surface area contributed by atoms with Crippen molar-refractivity contribution >= 4 is 5.71 Å². The lowest BCUT2D eigenvalue weighted by Gasteiger charge is -2.05. The second-order valence-electron chi connectivity index (χ2n) is 2.06. The Labute approximate surface area is 67.6 Å². The molecule has 0 spiro atoms. The van der Waals surface area contributed by atoms with Crippen LogP contribution >= 0.6 is 0 Å². The standard InChI is InChI=1S/C6H9F3N2O/c1-4(10-2)3-5(11-12)6(7,8)9/h3,10,12H,1-2H3/b4-3+,11-5+. The van der Waals surface area contributed by atoms with Crippen molar-refractivity contribution < 1.29 is 18.4 Å². The highest BCUT2D eigenvalue weighted by atomic mass is 19.4. The van der Waals surface area contributed by atoms with Gasteiger partial charge in [0.15, 0.2) is 5.71 Å². The highest BCUT2D eigenvalue weighted by molar-refractivity contribution is 5.99. The van der Waals surface area contributed by atoms with Gasteiger partial charge in [-0.05, 0) is 13.0 Å². The normalized spacial score (nSPS) is 14.8. The van der Waals surface area contributed by atoms with E-state index >= 15 is 0 Å². The predicted octanol–water partition coefficient (Wildman–Crippen LogP) is 1.50. The zero-order valence-corrected chi connectivity index (χ0v) is 6.61. The molecule has 0 radical (unpaired) electrons. The number of rotatable bonds is 2. The van der Waals surface area contributed by atoms with Crippen molar-refractivity contribution in [2.45, 2.75) is 13.1 Å². The molecule has 0 saturated heterocycles. The van der Waals surface area contributed by atoms with Gasteiger partial charge in [-0.3, -0.25) is 0 Å². The first-order valence-electron chi connectivity index (χ1n) is 3.07. The van der Waals surface area contributed by atoms with E-state index in [0.29, 0.717) is 6.08 Å². The van der Waals surface area contributed by atoms with E-state index in [2.05, 4.69) is 10.5 Å². The van der Waals surface area contributed by atoms with E-state index in [4.69, 9.17) is 5.21 Å². The maximum Gasteiger partial charge on any atom is 0.436 e. The van der Waals surface area contributed by atoms with Gasteiger partial charge in [-0.15, -0.1) is 0 Å². The fourth-order valence-electron chi connectivity index (χ4n) is 0.445. The third-order valence-electron chi connectivity index (χ3n) is 1.15. The van der Waals surface area contributed by atoms with E-state index in [1.807, 2.05) is 0 Å². The fraction of sp³-hybridized carbons (Fsp3) is 0.500. The molecule has 12 heavy (non-hydrogen) atoms. The Hall–Kier alpha value is -1.20. The molecule has 6 heteroatoms. The maximum absolute atomic E-state index is 11.9. The van der Waals surface area contributed by atoms with Crippen LogP contribution in [0.25, 0.3) is 0 Å². The largest absolute Gasteiger partial charge is 0.436 e. The van der Waals surface area contributed by atoms with Crippen LogP contribution in [0.5, 0.6) is 0 Å². The lowest BCUT2D eigenvalue weighted by molar-refractivity contribution is -0.0597. The van der Waals surface area contributed by atoms with Gasteiger partial charge in [-0.1, -0.05) is 5.16 Å². The Kier molecular flexibility index (Phi) is 3.59. The van der Waals surface area contributed by atoms with Crippen LogP contribution in [0, 0.1) is 0 Å². The number of alkyl halides is 3. The molecule has 0 fully saturated rings. The second-order valence-corrected chi connectivity index (χ2v) is 2.06. The molecule has 3 nitrogen and oxygen atoms in total. The first-order chi connectivity index (χ1) is 5.41. The Morgan fingerprint density at radius 1 is 1.50 bits per heavy atom. The van der Waals surface area contributed by atoms with E-state index in [9.17, 15) is 13.2 Å². The van der Waals surface area contributed by atoms with Gasteiger partial charge in [-0.2, -0.15) is 13.2 Å². The molecule has 0 unspecified atom stereocenters. The smallest absolute Gasteiger partial charge is 0.410 e. The third kappa shape index (κ3) is 3.27. The number of oxime groups is 1. The van der Waals surface area contributed by atoms with Gasteiger partial charge in [0.05, 0.1) is 0 Å². The van der Waals surface area contributed by atoms with E-state index in [1.54, 1.807) is 0 Å². The Morgan fingerprint density at radius 2 is 2.00 bits per heavy atom.